The molecule has 0 fully saturated rings. The third-order valence-electron chi connectivity index (χ3n) is 3.65. The third kappa shape index (κ3) is 4.35. The van der Waals surface area contributed by atoms with Gasteiger partial charge in [-0.15, -0.1) is 0 Å². The van der Waals surface area contributed by atoms with Crippen molar-refractivity contribution in [1.29, 1.82) is 0 Å². The molecule has 2 aromatic rings. The average Bonchev–Trinajstić information content (AvgIpc) is 2.54. The first kappa shape index (κ1) is 18.0. The summed E-state index contributed by atoms with van der Waals surface area (Å²) in [6.07, 6.45) is 1.62. The minimum atomic E-state index is -1.04. The standard InChI is InChI=1S/C18H22N2O3S/c1-18(2,15-7-5-6-8-16(15)23-3)20-17(21)19-13-9-11-14(12-10-13)24(4)22/h5-12H,1-4H3,(H2,19,20,21)/t24-/m1/s1. The van der Waals surface area contributed by atoms with Crippen LogP contribution in [0.5, 0.6) is 5.75 Å². The van der Waals surface area contributed by atoms with Crippen molar-refractivity contribution in [2.24, 2.45) is 0 Å². The molecule has 0 aliphatic rings. The summed E-state index contributed by atoms with van der Waals surface area (Å²) in [5.74, 6) is 0.720. The minimum Gasteiger partial charge on any atom is -0.496 e. The van der Waals surface area contributed by atoms with Crippen molar-refractivity contribution in [3.8, 4) is 5.75 Å². The number of benzene rings is 2. The molecule has 2 N–H and O–H groups in total. The summed E-state index contributed by atoms with van der Waals surface area (Å²) >= 11 is 0. The molecule has 128 valence electrons. The molecule has 0 radical (unpaired) electrons. The van der Waals surface area contributed by atoms with Crippen LogP contribution in [0.15, 0.2) is 53.4 Å². The van der Waals surface area contributed by atoms with Crippen LogP contribution in [0.2, 0.25) is 0 Å². The van der Waals surface area contributed by atoms with Crippen molar-refractivity contribution in [2.45, 2.75) is 24.3 Å². The highest BCUT2D eigenvalue weighted by Crippen LogP contribution is 2.29. The summed E-state index contributed by atoms with van der Waals surface area (Å²) in [6.45, 7) is 3.82. The van der Waals surface area contributed by atoms with Crippen LogP contribution in [0.4, 0.5) is 10.5 Å². The Morgan fingerprint density at radius 2 is 1.71 bits per heavy atom. The van der Waals surface area contributed by atoms with Crippen LogP contribution in [-0.2, 0) is 16.3 Å². The van der Waals surface area contributed by atoms with Crippen LogP contribution in [0.3, 0.4) is 0 Å². The van der Waals surface area contributed by atoms with Gasteiger partial charge in [-0.25, -0.2) is 4.79 Å². The highest BCUT2D eigenvalue weighted by Gasteiger charge is 2.26. The van der Waals surface area contributed by atoms with Gasteiger partial charge in [0.2, 0.25) is 0 Å². The van der Waals surface area contributed by atoms with E-state index in [0.29, 0.717) is 5.69 Å². The molecule has 0 unspecified atom stereocenters. The van der Waals surface area contributed by atoms with Gasteiger partial charge in [-0.05, 0) is 44.2 Å². The first-order valence-electron chi connectivity index (χ1n) is 7.49. The second-order valence-corrected chi connectivity index (χ2v) is 7.26. The quantitative estimate of drug-likeness (QED) is 0.871. The summed E-state index contributed by atoms with van der Waals surface area (Å²) in [6, 6.07) is 14.2. The Balaban J connectivity index is 2.09. The molecule has 0 saturated heterocycles. The number of hydrogen-bond donors (Lipinski definition) is 2. The fourth-order valence-electron chi connectivity index (χ4n) is 2.40. The average molecular weight is 346 g/mol. The number of para-hydroxylation sites is 1. The van der Waals surface area contributed by atoms with Crippen LogP contribution in [-0.4, -0.2) is 23.6 Å². The zero-order valence-corrected chi connectivity index (χ0v) is 15.1. The van der Waals surface area contributed by atoms with Crippen molar-refractivity contribution in [3.05, 3.63) is 54.1 Å². The number of amides is 2. The Bertz CT molecular complexity index is 742. The van der Waals surface area contributed by atoms with E-state index in [1.807, 2.05) is 38.1 Å². The van der Waals surface area contributed by atoms with Crippen molar-refractivity contribution >= 4 is 22.5 Å². The van der Waals surface area contributed by atoms with E-state index in [-0.39, 0.29) is 6.03 Å². The molecule has 0 saturated carbocycles. The van der Waals surface area contributed by atoms with E-state index >= 15 is 0 Å². The molecule has 0 aliphatic carbocycles. The van der Waals surface area contributed by atoms with Gasteiger partial charge in [0.1, 0.15) is 5.75 Å². The van der Waals surface area contributed by atoms with Crippen LogP contribution >= 0.6 is 0 Å². The Kier molecular flexibility index (Phi) is 5.62. The summed E-state index contributed by atoms with van der Waals surface area (Å²) in [7, 11) is 0.569. The van der Waals surface area contributed by atoms with Gasteiger partial charge in [0.25, 0.3) is 0 Å². The summed E-state index contributed by atoms with van der Waals surface area (Å²) in [5, 5.41) is 5.72. The van der Waals surface area contributed by atoms with Crippen molar-refractivity contribution < 1.29 is 13.7 Å². The second kappa shape index (κ2) is 7.49. The van der Waals surface area contributed by atoms with E-state index in [0.717, 1.165) is 16.2 Å². The monoisotopic (exact) mass is 346 g/mol. The molecular formula is C18H22N2O3S. The SMILES string of the molecule is COc1ccccc1C(C)(C)NC(=O)Nc1ccc([S@@](C)=O)cc1. The van der Waals surface area contributed by atoms with Gasteiger partial charge in [0, 0.05) is 33.2 Å². The lowest BCUT2D eigenvalue weighted by Crippen LogP contribution is -2.43. The van der Waals surface area contributed by atoms with E-state index in [4.69, 9.17) is 4.74 Å². The zero-order chi connectivity index (χ0) is 17.7. The molecule has 0 aliphatic heterocycles. The number of carbonyl (C=O) groups excluding carboxylic acids is 1. The molecular weight excluding hydrogens is 324 g/mol. The fraction of sp³-hybridized carbons (Fsp3) is 0.278. The largest absolute Gasteiger partial charge is 0.496 e. The fourth-order valence-corrected chi connectivity index (χ4v) is 2.92. The molecule has 1 atom stereocenters. The van der Waals surface area contributed by atoms with Gasteiger partial charge in [0.05, 0.1) is 12.6 Å². The number of nitrogens with one attached hydrogen (secondary N) is 2. The zero-order valence-electron chi connectivity index (χ0n) is 14.3. The van der Waals surface area contributed by atoms with Crippen molar-refractivity contribution in [2.75, 3.05) is 18.7 Å². The van der Waals surface area contributed by atoms with Gasteiger partial charge in [-0.1, -0.05) is 18.2 Å². The molecule has 2 aromatic carbocycles. The van der Waals surface area contributed by atoms with E-state index in [9.17, 15) is 9.00 Å². The van der Waals surface area contributed by atoms with Crippen LogP contribution in [0, 0.1) is 0 Å². The number of hydrogen-bond acceptors (Lipinski definition) is 3. The van der Waals surface area contributed by atoms with Gasteiger partial charge >= 0.3 is 6.03 Å². The van der Waals surface area contributed by atoms with E-state index in [1.165, 1.54) is 0 Å². The van der Waals surface area contributed by atoms with E-state index in [2.05, 4.69) is 10.6 Å². The number of urea groups is 1. The predicted octanol–water partition coefficient (Wildman–Crippen LogP) is 3.49. The summed E-state index contributed by atoms with van der Waals surface area (Å²) in [5.41, 5.74) is 0.915. The van der Waals surface area contributed by atoms with E-state index in [1.54, 1.807) is 37.6 Å². The molecule has 24 heavy (non-hydrogen) atoms. The lowest BCUT2D eigenvalue weighted by molar-refractivity contribution is 0.241. The molecule has 0 spiro atoms. The van der Waals surface area contributed by atoms with Gasteiger partial charge in [-0.2, -0.15) is 0 Å². The highest BCUT2D eigenvalue weighted by atomic mass is 32.2. The molecule has 6 heteroatoms. The molecule has 0 bridgehead atoms. The van der Waals surface area contributed by atoms with Gasteiger partial charge < -0.3 is 15.4 Å². The minimum absolute atomic E-state index is 0.323. The lowest BCUT2D eigenvalue weighted by Gasteiger charge is -2.28. The summed E-state index contributed by atoms with van der Waals surface area (Å²) in [4.78, 5) is 13.0. The van der Waals surface area contributed by atoms with Crippen molar-refractivity contribution in [1.82, 2.24) is 5.32 Å². The first-order chi connectivity index (χ1) is 11.3. The van der Waals surface area contributed by atoms with Gasteiger partial charge in [0.15, 0.2) is 0 Å². The van der Waals surface area contributed by atoms with Gasteiger partial charge in [-0.3, -0.25) is 4.21 Å². The Morgan fingerprint density at radius 1 is 1.08 bits per heavy atom. The number of rotatable bonds is 5. The number of ether oxygens (including phenoxy) is 1. The van der Waals surface area contributed by atoms with Crippen molar-refractivity contribution in [3.63, 3.8) is 0 Å². The molecule has 5 nitrogen and oxygen atoms in total. The number of anilines is 1. The maximum Gasteiger partial charge on any atom is 0.319 e. The molecule has 2 rings (SSSR count). The maximum atomic E-state index is 12.3. The molecule has 0 heterocycles. The smallest absolute Gasteiger partial charge is 0.319 e. The Labute approximate surface area is 144 Å². The third-order valence-corrected chi connectivity index (χ3v) is 4.59. The highest BCUT2D eigenvalue weighted by molar-refractivity contribution is 7.84. The predicted molar refractivity (Wildman–Crippen MR) is 96.9 cm³/mol. The first-order valence-corrected chi connectivity index (χ1v) is 9.05. The Morgan fingerprint density at radius 3 is 2.29 bits per heavy atom. The Hall–Kier alpha value is -2.34. The topological polar surface area (TPSA) is 67.4 Å². The molecule has 2 amide bonds. The van der Waals surface area contributed by atoms with Crippen LogP contribution in [0.25, 0.3) is 0 Å². The molecule has 0 aromatic heterocycles. The number of carbonyl (C=O) groups is 1. The second-order valence-electron chi connectivity index (χ2n) is 5.88. The van der Waals surface area contributed by atoms with E-state index < -0.39 is 16.3 Å². The summed E-state index contributed by atoms with van der Waals surface area (Å²) < 4.78 is 16.7. The maximum absolute atomic E-state index is 12.3. The normalized spacial score (nSPS) is 12.3. The van der Waals surface area contributed by atoms with Crippen LogP contribution < -0.4 is 15.4 Å². The number of methoxy groups -OCH3 is 1. The lowest BCUT2D eigenvalue weighted by atomic mass is 9.93. The van der Waals surface area contributed by atoms with Crippen LogP contribution in [0.1, 0.15) is 19.4 Å².